The molecule has 0 N–H and O–H groups in total. The molecule has 0 amide bonds. The van der Waals surface area contributed by atoms with Crippen molar-refractivity contribution in [3.63, 3.8) is 0 Å². The molecule has 0 spiro atoms. The molecule has 0 aromatic carbocycles. The van der Waals surface area contributed by atoms with Crippen molar-refractivity contribution >= 4 is 29.3 Å². The van der Waals surface area contributed by atoms with Gasteiger partial charge in [0.2, 0.25) is 0 Å². The van der Waals surface area contributed by atoms with Gasteiger partial charge in [0.25, 0.3) is 0 Å². The van der Waals surface area contributed by atoms with Crippen molar-refractivity contribution in [3.8, 4) is 6.07 Å². The molecule has 13 heavy (non-hydrogen) atoms. The summed E-state index contributed by atoms with van der Waals surface area (Å²) in [6.45, 7) is 0. The van der Waals surface area contributed by atoms with Crippen LogP contribution < -0.4 is 0 Å². The summed E-state index contributed by atoms with van der Waals surface area (Å²) in [7, 11) is 0. The molecule has 1 aromatic heterocycles. The van der Waals surface area contributed by atoms with Crippen LogP contribution in [-0.4, -0.2) is 10.9 Å². The molecule has 0 radical (unpaired) electrons. The van der Waals surface area contributed by atoms with Crippen molar-refractivity contribution < 1.29 is 0 Å². The van der Waals surface area contributed by atoms with Gasteiger partial charge in [-0.05, 0) is 11.6 Å². The third kappa shape index (κ3) is 2.73. The van der Waals surface area contributed by atoms with E-state index < -0.39 is 0 Å². The molecule has 66 valence electrons. The van der Waals surface area contributed by atoms with Gasteiger partial charge in [-0.15, -0.1) is 11.6 Å². The average molecular weight is 213 g/mol. The topological polar surface area (TPSA) is 36.7 Å². The average Bonchev–Trinajstić information content (AvgIpc) is 2.16. The highest BCUT2D eigenvalue weighted by atomic mass is 35.5. The zero-order valence-electron chi connectivity index (χ0n) is 6.67. The predicted molar refractivity (Wildman–Crippen MR) is 53.7 cm³/mol. The number of hydrogen-bond donors (Lipinski definition) is 0. The van der Waals surface area contributed by atoms with Gasteiger partial charge in [-0.1, -0.05) is 23.8 Å². The fourth-order valence-electron chi connectivity index (χ4n) is 0.814. The quantitative estimate of drug-likeness (QED) is 0.559. The Balaban J connectivity index is 3.01. The Morgan fingerprint density at radius 2 is 2.38 bits per heavy atom. The number of halogens is 2. The van der Waals surface area contributed by atoms with Crippen LogP contribution in [0.2, 0.25) is 5.15 Å². The van der Waals surface area contributed by atoms with Crippen LogP contribution in [0.1, 0.15) is 11.1 Å². The summed E-state index contributed by atoms with van der Waals surface area (Å²) in [5, 5.41) is 8.87. The summed E-state index contributed by atoms with van der Waals surface area (Å²) in [5.41, 5.74) is 1.19. The van der Waals surface area contributed by atoms with Crippen LogP contribution in [-0.2, 0) is 0 Å². The van der Waals surface area contributed by atoms with E-state index in [2.05, 4.69) is 4.98 Å². The van der Waals surface area contributed by atoms with Crippen LogP contribution in [0.25, 0.3) is 6.08 Å². The van der Waals surface area contributed by atoms with Crippen LogP contribution in [0.5, 0.6) is 0 Å². The maximum Gasteiger partial charge on any atom is 0.146 e. The summed E-state index contributed by atoms with van der Waals surface area (Å²) in [6, 6.07) is 3.62. The van der Waals surface area contributed by atoms with E-state index in [1.165, 1.54) is 0 Å². The van der Waals surface area contributed by atoms with Gasteiger partial charge in [-0.3, -0.25) is 0 Å². The molecule has 2 nitrogen and oxygen atoms in total. The number of aromatic nitrogens is 1. The van der Waals surface area contributed by atoms with E-state index in [0.29, 0.717) is 11.4 Å². The van der Waals surface area contributed by atoms with Crippen molar-refractivity contribution in [3.05, 3.63) is 34.6 Å². The molecular formula is C9H6Cl2N2. The Hall–Kier alpha value is -1.04. The SMILES string of the molecule is N#Cc1cc(C=CCCl)cnc1Cl. The minimum atomic E-state index is 0.227. The van der Waals surface area contributed by atoms with Crippen molar-refractivity contribution in [2.45, 2.75) is 0 Å². The lowest BCUT2D eigenvalue weighted by molar-refractivity contribution is 1.29. The van der Waals surface area contributed by atoms with Crippen LogP contribution in [0.15, 0.2) is 18.3 Å². The lowest BCUT2D eigenvalue weighted by Gasteiger charge is -1.95. The summed E-state index contributed by atoms with van der Waals surface area (Å²) >= 11 is 11.1. The fourth-order valence-corrected chi connectivity index (χ4v) is 1.05. The lowest BCUT2D eigenvalue weighted by Crippen LogP contribution is -1.84. The van der Waals surface area contributed by atoms with Gasteiger partial charge >= 0.3 is 0 Å². The summed E-state index contributed by atoms with van der Waals surface area (Å²) < 4.78 is 0. The van der Waals surface area contributed by atoms with E-state index in [1.54, 1.807) is 24.4 Å². The molecule has 1 rings (SSSR count). The molecule has 0 fully saturated rings. The lowest BCUT2D eigenvalue weighted by atomic mass is 10.2. The van der Waals surface area contributed by atoms with Gasteiger partial charge in [0.15, 0.2) is 0 Å². The predicted octanol–water partition coefficient (Wildman–Crippen LogP) is 2.86. The molecular weight excluding hydrogens is 207 g/mol. The Labute approximate surface area is 86.4 Å². The van der Waals surface area contributed by atoms with E-state index >= 15 is 0 Å². The summed E-state index contributed by atoms with van der Waals surface area (Å²) in [6.07, 6.45) is 5.15. The molecule has 0 aliphatic heterocycles. The minimum Gasteiger partial charge on any atom is -0.243 e. The number of pyridine rings is 1. The van der Waals surface area contributed by atoms with Crippen molar-refractivity contribution in [1.82, 2.24) is 4.98 Å². The highest BCUT2D eigenvalue weighted by molar-refractivity contribution is 6.30. The number of alkyl halides is 1. The van der Waals surface area contributed by atoms with Gasteiger partial charge in [-0.25, -0.2) is 4.98 Å². The minimum absolute atomic E-state index is 0.227. The molecule has 0 unspecified atom stereocenters. The molecule has 0 saturated carbocycles. The molecule has 1 heterocycles. The standard InChI is InChI=1S/C9H6Cl2N2/c10-3-1-2-7-4-8(5-12)9(11)13-6-7/h1-2,4,6H,3H2. The van der Waals surface area contributed by atoms with E-state index in [9.17, 15) is 0 Å². The molecule has 0 atom stereocenters. The summed E-state index contributed by atoms with van der Waals surface area (Å²) in [5.74, 6) is 0.435. The van der Waals surface area contributed by atoms with E-state index in [1.807, 2.05) is 6.07 Å². The molecule has 0 aliphatic carbocycles. The van der Waals surface area contributed by atoms with Gasteiger partial charge in [0.05, 0.1) is 5.56 Å². The molecule has 1 aromatic rings. The first-order valence-electron chi connectivity index (χ1n) is 3.56. The zero-order chi connectivity index (χ0) is 9.68. The Kier molecular flexibility index (Phi) is 3.75. The fraction of sp³-hybridized carbons (Fsp3) is 0.111. The number of rotatable bonds is 2. The zero-order valence-corrected chi connectivity index (χ0v) is 8.18. The largest absolute Gasteiger partial charge is 0.243 e. The first kappa shape index (κ1) is 10.0. The molecule has 4 heteroatoms. The number of nitrogens with zero attached hydrogens (tertiary/aromatic N) is 2. The van der Waals surface area contributed by atoms with E-state index in [4.69, 9.17) is 28.5 Å². The third-order valence-corrected chi connectivity index (χ3v) is 1.86. The second kappa shape index (κ2) is 4.86. The number of allylic oxidation sites excluding steroid dienone is 1. The first-order chi connectivity index (χ1) is 6.27. The van der Waals surface area contributed by atoms with Gasteiger partial charge in [-0.2, -0.15) is 5.26 Å². The van der Waals surface area contributed by atoms with Gasteiger partial charge in [0.1, 0.15) is 11.2 Å². The van der Waals surface area contributed by atoms with Crippen LogP contribution >= 0.6 is 23.2 Å². The van der Waals surface area contributed by atoms with Crippen molar-refractivity contribution in [1.29, 1.82) is 5.26 Å². The van der Waals surface area contributed by atoms with Gasteiger partial charge < -0.3 is 0 Å². The van der Waals surface area contributed by atoms with E-state index in [-0.39, 0.29) is 5.15 Å². The van der Waals surface area contributed by atoms with Crippen molar-refractivity contribution in [2.75, 3.05) is 5.88 Å². The number of nitriles is 1. The van der Waals surface area contributed by atoms with E-state index in [0.717, 1.165) is 5.56 Å². The monoisotopic (exact) mass is 212 g/mol. The van der Waals surface area contributed by atoms with Crippen LogP contribution in [0.4, 0.5) is 0 Å². The smallest absolute Gasteiger partial charge is 0.146 e. The molecule has 0 saturated heterocycles. The maximum atomic E-state index is 8.64. The third-order valence-electron chi connectivity index (χ3n) is 1.38. The second-order valence-electron chi connectivity index (χ2n) is 2.28. The maximum absolute atomic E-state index is 8.64. The molecule has 0 bridgehead atoms. The van der Waals surface area contributed by atoms with Crippen LogP contribution in [0, 0.1) is 11.3 Å². The van der Waals surface area contributed by atoms with Gasteiger partial charge in [0, 0.05) is 12.1 Å². The van der Waals surface area contributed by atoms with Crippen molar-refractivity contribution in [2.24, 2.45) is 0 Å². The summed E-state index contributed by atoms with van der Waals surface area (Å²) in [4.78, 5) is 3.85. The molecule has 0 aliphatic rings. The normalized spacial score (nSPS) is 10.2. The Morgan fingerprint density at radius 3 is 3.00 bits per heavy atom. The highest BCUT2D eigenvalue weighted by Crippen LogP contribution is 2.13. The Morgan fingerprint density at radius 1 is 1.62 bits per heavy atom. The Bertz CT molecular complexity index is 366. The first-order valence-corrected chi connectivity index (χ1v) is 4.47. The second-order valence-corrected chi connectivity index (χ2v) is 2.94. The highest BCUT2D eigenvalue weighted by Gasteiger charge is 1.99. The number of hydrogen-bond acceptors (Lipinski definition) is 2. The van der Waals surface area contributed by atoms with Crippen LogP contribution in [0.3, 0.4) is 0 Å².